The van der Waals surface area contributed by atoms with Gasteiger partial charge in [-0.15, -0.1) is 0 Å². The fourth-order valence-electron chi connectivity index (χ4n) is 2.35. The predicted octanol–water partition coefficient (Wildman–Crippen LogP) is 1.67. The van der Waals surface area contributed by atoms with Crippen LogP contribution in [-0.4, -0.2) is 9.55 Å². The lowest BCUT2D eigenvalue weighted by Crippen LogP contribution is -2.36. The molecule has 4 nitrogen and oxygen atoms in total. The van der Waals surface area contributed by atoms with Crippen molar-refractivity contribution in [2.24, 2.45) is 0 Å². The van der Waals surface area contributed by atoms with E-state index in [-0.39, 0.29) is 11.2 Å². The zero-order valence-electron chi connectivity index (χ0n) is 9.57. The van der Waals surface area contributed by atoms with Crippen LogP contribution in [0.3, 0.4) is 0 Å². The second kappa shape index (κ2) is 4.14. The summed E-state index contributed by atoms with van der Waals surface area (Å²) in [5.41, 5.74) is 1.46. The van der Waals surface area contributed by atoms with Crippen molar-refractivity contribution in [1.29, 1.82) is 0 Å². The van der Waals surface area contributed by atoms with Crippen LogP contribution >= 0.6 is 11.6 Å². The third kappa shape index (κ3) is 1.69. The van der Waals surface area contributed by atoms with Crippen LogP contribution in [0.5, 0.6) is 0 Å². The molecule has 0 spiro atoms. The molecule has 1 aliphatic rings. The van der Waals surface area contributed by atoms with E-state index in [1.807, 2.05) is 0 Å². The number of nitrogens with one attached hydrogen (secondary N) is 1. The van der Waals surface area contributed by atoms with Crippen LogP contribution in [0.2, 0.25) is 5.02 Å². The van der Waals surface area contributed by atoms with Gasteiger partial charge in [-0.2, -0.15) is 0 Å². The summed E-state index contributed by atoms with van der Waals surface area (Å²) < 4.78 is 1.17. The van der Waals surface area contributed by atoms with Gasteiger partial charge in [-0.1, -0.05) is 11.6 Å². The Kier molecular flexibility index (Phi) is 2.59. The fourth-order valence-corrected chi connectivity index (χ4v) is 2.48. The Morgan fingerprint density at radius 2 is 1.83 bits per heavy atom. The molecule has 0 saturated heterocycles. The van der Waals surface area contributed by atoms with Gasteiger partial charge >= 0.3 is 5.69 Å². The molecule has 18 heavy (non-hydrogen) atoms. The fraction of sp³-hybridized carbons (Fsp3) is 0.231. The van der Waals surface area contributed by atoms with Crippen molar-refractivity contribution in [1.82, 2.24) is 9.55 Å². The first-order valence-corrected chi connectivity index (χ1v) is 6.17. The van der Waals surface area contributed by atoms with Gasteiger partial charge in [-0.3, -0.25) is 4.79 Å². The van der Waals surface area contributed by atoms with Crippen LogP contribution in [0.4, 0.5) is 0 Å². The second-order valence-corrected chi connectivity index (χ2v) is 4.79. The van der Waals surface area contributed by atoms with E-state index in [2.05, 4.69) is 4.98 Å². The first kappa shape index (κ1) is 11.3. The van der Waals surface area contributed by atoms with E-state index in [9.17, 15) is 9.59 Å². The molecule has 0 bridgehead atoms. The van der Waals surface area contributed by atoms with E-state index in [1.165, 1.54) is 4.57 Å². The van der Waals surface area contributed by atoms with E-state index >= 15 is 0 Å². The van der Waals surface area contributed by atoms with Gasteiger partial charge in [0, 0.05) is 16.3 Å². The summed E-state index contributed by atoms with van der Waals surface area (Å²) in [6.45, 7) is 0. The maximum absolute atomic E-state index is 12.3. The van der Waals surface area contributed by atoms with Gasteiger partial charge in [-0.25, -0.2) is 9.36 Å². The van der Waals surface area contributed by atoms with Gasteiger partial charge in [-0.05, 0) is 43.5 Å². The monoisotopic (exact) mass is 262 g/mol. The van der Waals surface area contributed by atoms with Crippen molar-refractivity contribution >= 4 is 11.6 Å². The summed E-state index contributed by atoms with van der Waals surface area (Å²) in [5.74, 6) is 0. The van der Waals surface area contributed by atoms with Crippen LogP contribution < -0.4 is 11.2 Å². The van der Waals surface area contributed by atoms with Crippen molar-refractivity contribution in [3.63, 3.8) is 0 Å². The summed E-state index contributed by atoms with van der Waals surface area (Å²) in [5, 5.41) is 0.574. The lowest BCUT2D eigenvalue weighted by atomic mass is 10.2. The van der Waals surface area contributed by atoms with Crippen LogP contribution in [0.25, 0.3) is 5.69 Å². The second-order valence-electron chi connectivity index (χ2n) is 4.36. The standard InChI is InChI=1S/C13H11ClN2O2/c14-8-4-6-9(7-5-8)16-12(17)10-2-1-3-11(10)15-13(16)18/h4-7H,1-3H2,(H,15,18). The Balaban J connectivity index is 2.27. The van der Waals surface area contributed by atoms with Crippen LogP contribution in [0.1, 0.15) is 17.7 Å². The molecule has 3 rings (SSSR count). The first-order chi connectivity index (χ1) is 8.66. The number of aromatic amines is 1. The number of benzene rings is 1. The summed E-state index contributed by atoms with van der Waals surface area (Å²) in [6, 6.07) is 6.66. The third-order valence-electron chi connectivity index (χ3n) is 3.22. The summed E-state index contributed by atoms with van der Waals surface area (Å²) >= 11 is 5.80. The highest BCUT2D eigenvalue weighted by molar-refractivity contribution is 6.30. The summed E-state index contributed by atoms with van der Waals surface area (Å²) in [7, 11) is 0. The summed E-state index contributed by atoms with van der Waals surface area (Å²) in [6.07, 6.45) is 2.44. The molecule has 1 aromatic carbocycles. The van der Waals surface area contributed by atoms with Crippen LogP contribution in [0, 0.1) is 0 Å². The number of nitrogens with zero attached hydrogens (tertiary/aromatic N) is 1. The minimum Gasteiger partial charge on any atom is -0.310 e. The summed E-state index contributed by atoms with van der Waals surface area (Å²) in [4.78, 5) is 27.0. The molecule has 1 aromatic heterocycles. The van der Waals surface area contributed by atoms with Crippen molar-refractivity contribution in [2.75, 3.05) is 0 Å². The van der Waals surface area contributed by atoms with Gasteiger partial charge in [0.05, 0.1) is 5.69 Å². The van der Waals surface area contributed by atoms with Crippen molar-refractivity contribution < 1.29 is 0 Å². The SMILES string of the molecule is O=c1[nH]c2c(c(=O)n1-c1ccc(Cl)cc1)CCC2. The van der Waals surface area contributed by atoms with E-state index in [0.29, 0.717) is 10.7 Å². The molecule has 0 saturated carbocycles. The van der Waals surface area contributed by atoms with Crippen molar-refractivity contribution in [3.8, 4) is 5.69 Å². The molecular weight excluding hydrogens is 252 g/mol. The first-order valence-electron chi connectivity index (χ1n) is 5.80. The van der Waals surface area contributed by atoms with E-state index in [4.69, 9.17) is 11.6 Å². The number of H-pyrrole nitrogens is 1. The minimum atomic E-state index is -0.386. The Bertz CT molecular complexity index is 713. The largest absolute Gasteiger partial charge is 0.333 e. The van der Waals surface area contributed by atoms with Crippen molar-refractivity contribution in [3.05, 3.63) is 61.4 Å². The molecule has 92 valence electrons. The number of hydrogen-bond acceptors (Lipinski definition) is 2. The molecule has 0 amide bonds. The average Bonchev–Trinajstić information content (AvgIpc) is 2.80. The molecule has 0 aliphatic heterocycles. The van der Waals surface area contributed by atoms with E-state index < -0.39 is 0 Å². The zero-order valence-corrected chi connectivity index (χ0v) is 10.3. The molecule has 2 aromatic rings. The Labute approximate surface area is 108 Å². The van der Waals surface area contributed by atoms with Crippen molar-refractivity contribution in [2.45, 2.75) is 19.3 Å². The number of rotatable bonds is 1. The number of halogens is 1. The molecule has 0 atom stereocenters. The highest BCUT2D eigenvalue weighted by Gasteiger charge is 2.19. The van der Waals surface area contributed by atoms with Crippen LogP contribution in [-0.2, 0) is 12.8 Å². The Hall–Kier alpha value is -1.81. The Morgan fingerprint density at radius 3 is 2.56 bits per heavy atom. The quantitative estimate of drug-likeness (QED) is 0.850. The molecule has 1 N–H and O–H groups in total. The number of hydrogen-bond donors (Lipinski definition) is 1. The predicted molar refractivity (Wildman–Crippen MR) is 69.7 cm³/mol. The minimum absolute atomic E-state index is 0.214. The van der Waals surface area contributed by atoms with E-state index in [1.54, 1.807) is 24.3 Å². The molecule has 0 fully saturated rings. The number of aromatic nitrogens is 2. The molecule has 1 heterocycles. The molecule has 5 heteroatoms. The number of aryl methyl sites for hydroxylation is 1. The zero-order chi connectivity index (χ0) is 12.7. The molecule has 0 unspecified atom stereocenters. The normalized spacial score (nSPS) is 13.6. The molecular formula is C13H11ClN2O2. The lowest BCUT2D eigenvalue weighted by Gasteiger charge is -2.07. The lowest BCUT2D eigenvalue weighted by molar-refractivity contribution is 0.840. The average molecular weight is 263 g/mol. The van der Waals surface area contributed by atoms with Gasteiger partial charge < -0.3 is 4.98 Å². The maximum Gasteiger partial charge on any atom is 0.333 e. The molecule has 0 radical (unpaired) electrons. The van der Waals surface area contributed by atoms with Gasteiger partial charge in [0.15, 0.2) is 0 Å². The van der Waals surface area contributed by atoms with Crippen LogP contribution in [0.15, 0.2) is 33.9 Å². The molecule has 1 aliphatic carbocycles. The van der Waals surface area contributed by atoms with Gasteiger partial charge in [0.1, 0.15) is 0 Å². The number of fused-ring (bicyclic) bond motifs is 1. The smallest absolute Gasteiger partial charge is 0.310 e. The highest BCUT2D eigenvalue weighted by atomic mass is 35.5. The Morgan fingerprint density at radius 1 is 1.11 bits per heavy atom. The van der Waals surface area contributed by atoms with Gasteiger partial charge in [0.2, 0.25) is 0 Å². The highest BCUT2D eigenvalue weighted by Crippen LogP contribution is 2.16. The topological polar surface area (TPSA) is 54.9 Å². The maximum atomic E-state index is 12.3. The van der Waals surface area contributed by atoms with E-state index in [0.717, 1.165) is 30.5 Å². The van der Waals surface area contributed by atoms with Gasteiger partial charge in [0.25, 0.3) is 5.56 Å². The third-order valence-corrected chi connectivity index (χ3v) is 3.48.